The molecule has 23 heavy (non-hydrogen) atoms. The number of primary amides is 1. The molecule has 3 N–H and O–H groups in total. The average molecular weight is 318 g/mol. The molecule has 3 amide bonds. The predicted octanol–water partition coefficient (Wildman–Crippen LogP) is 2.18. The molecule has 1 aromatic carbocycles. The lowest BCUT2D eigenvalue weighted by molar-refractivity contribution is -0.119. The van der Waals surface area contributed by atoms with Crippen LogP contribution in [-0.4, -0.2) is 44.0 Å². The maximum atomic E-state index is 12.5. The number of benzene rings is 1. The van der Waals surface area contributed by atoms with E-state index in [4.69, 9.17) is 5.73 Å². The fourth-order valence-electron chi connectivity index (χ4n) is 3.14. The summed E-state index contributed by atoms with van der Waals surface area (Å²) in [6, 6.07) is 5.75. The lowest BCUT2D eigenvalue weighted by atomic mass is 9.95. The molecule has 1 saturated heterocycles. The third-order valence-electron chi connectivity index (χ3n) is 4.32. The molecule has 1 aliphatic heterocycles. The van der Waals surface area contributed by atoms with E-state index >= 15 is 0 Å². The zero-order chi connectivity index (χ0) is 17.0. The standard InChI is InChI=1S/C17H26N4O2/c1-12-14(7-4-8-15(12)20(2)3)19-17(23)21-9-5-6-13(11-21)10-16(18)22/h4,7-8,13H,5-6,9-11H2,1-3H3,(H2,18,22)(H,19,23)/t13-/m1/s1. The van der Waals surface area contributed by atoms with E-state index in [9.17, 15) is 9.59 Å². The van der Waals surface area contributed by atoms with Gasteiger partial charge in [0.25, 0.3) is 0 Å². The highest BCUT2D eigenvalue weighted by Gasteiger charge is 2.25. The van der Waals surface area contributed by atoms with E-state index in [0.29, 0.717) is 19.5 Å². The summed E-state index contributed by atoms with van der Waals surface area (Å²) >= 11 is 0. The minimum Gasteiger partial charge on any atom is -0.377 e. The van der Waals surface area contributed by atoms with Crippen LogP contribution >= 0.6 is 0 Å². The first-order chi connectivity index (χ1) is 10.9. The summed E-state index contributed by atoms with van der Waals surface area (Å²) in [5.41, 5.74) is 8.20. The number of likely N-dealkylation sites (tertiary alicyclic amines) is 1. The number of nitrogens with two attached hydrogens (primary N) is 1. The summed E-state index contributed by atoms with van der Waals surface area (Å²) in [5, 5.41) is 2.99. The number of piperidine rings is 1. The molecule has 0 spiro atoms. The van der Waals surface area contributed by atoms with Crippen LogP contribution in [0.15, 0.2) is 18.2 Å². The minimum atomic E-state index is -0.299. The summed E-state index contributed by atoms with van der Waals surface area (Å²) in [7, 11) is 3.96. The number of amides is 3. The first kappa shape index (κ1) is 17.1. The minimum absolute atomic E-state index is 0.113. The Balaban J connectivity index is 2.04. The Morgan fingerprint density at radius 1 is 1.39 bits per heavy atom. The lowest BCUT2D eigenvalue weighted by Crippen LogP contribution is -2.43. The van der Waals surface area contributed by atoms with Gasteiger partial charge in [0, 0.05) is 45.0 Å². The summed E-state index contributed by atoms with van der Waals surface area (Å²) in [4.78, 5) is 27.4. The van der Waals surface area contributed by atoms with Crippen LogP contribution in [0, 0.1) is 12.8 Å². The van der Waals surface area contributed by atoms with Gasteiger partial charge >= 0.3 is 6.03 Å². The maximum Gasteiger partial charge on any atom is 0.321 e. The van der Waals surface area contributed by atoms with Crippen molar-refractivity contribution in [2.24, 2.45) is 11.7 Å². The van der Waals surface area contributed by atoms with Gasteiger partial charge in [0.1, 0.15) is 0 Å². The van der Waals surface area contributed by atoms with Crippen molar-refractivity contribution in [3.8, 4) is 0 Å². The smallest absolute Gasteiger partial charge is 0.321 e. The van der Waals surface area contributed by atoms with Crippen LogP contribution in [0.1, 0.15) is 24.8 Å². The number of anilines is 2. The number of rotatable bonds is 4. The number of carbonyl (C=O) groups excluding carboxylic acids is 2. The van der Waals surface area contributed by atoms with E-state index in [1.165, 1.54) is 0 Å². The van der Waals surface area contributed by atoms with Crippen LogP contribution in [0.5, 0.6) is 0 Å². The first-order valence-electron chi connectivity index (χ1n) is 7.99. The van der Waals surface area contributed by atoms with Crippen molar-refractivity contribution in [2.45, 2.75) is 26.2 Å². The molecule has 0 bridgehead atoms. The molecule has 2 rings (SSSR count). The Bertz CT molecular complexity index is 586. The number of nitrogens with one attached hydrogen (secondary N) is 1. The van der Waals surface area contributed by atoms with Gasteiger partial charge in [0.2, 0.25) is 5.91 Å². The van der Waals surface area contributed by atoms with Gasteiger partial charge in [-0.05, 0) is 43.4 Å². The molecule has 126 valence electrons. The highest BCUT2D eigenvalue weighted by atomic mass is 16.2. The second kappa shape index (κ2) is 7.35. The molecule has 0 saturated carbocycles. The van der Waals surface area contributed by atoms with Crippen LogP contribution < -0.4 is 16.0 Å². The van der Waals surface area contributed by atoms with E-state index < -0.39 is 0 Å². The van der Waals surface area contributed by atoms with Crippen molar-refractivity contribution in [2.75, 3.05) is 37.4 Å². The van der Waals surface area contributed by atoms with E-state index in [1.54, 1.807) is 4.90 Å². The van der Waals surface area contributed by atoms with Gasteiger partial charge in [0.05, 0.1) is 0 Å². The molecule has 1 heterocycles. The number of carbonyl (C=O) groups is 2. The molecule has 6 nitrogen and oxygen atoms in total. The third-order valence-corrected chi connectivity index (χ3v) is 4.32. The molecular weight excluding hydrogens is 292 g/mol. The van der Waals surface area contributed by atoms with E-state index in [0.717, 1.165) is 29.8 Å². The summed E-state index contributed by atoms with van der Waals surface area (Å²) in [6.07, 6.45) is 2.20. The van der Waals surface area contributed by atoms with Crippen molar-refractivity contribution >= 4 is 23.3 Å². The Hall–Kier alpha value is -2.24. The molecule has 0 unspecified atom stereocenters. The van der Waals surface area contributed by atoms with Crippen LogP contribution in [0.25, 0.3) is 0 Å². The molecule has 0 radical (unpaired) electrons. The number of urea groups is 1. The molecule has 1 atom stereocenters. The summed E-state index contributed by atoms with van der Waals surface area (Å²) < 4.78 is 0. The Labute approximate surface area is 137 Å². The molecule has 0 aromatic heterocycles. The number of nitrogens with zero attached hydrogens (tertiary/aromatic N) is 2. The lowest BCUT2D eigenvalue weighted by Gasteiger charge is -2.32. The molecule has 1 aromatic rings. The van der Waals surface area contributed by atoms with Crippen molar-refractivity contribution < 1.29 is 9.59 Å². The monoisotopic (exact) mass is 318 g/mol. The fourth-order valence-corrected chi connectivity index (χ4v) is 3.14. The summed E-state index contributed by atoms with van der Waals surface area (Å²) in [5.74, 6) is -0.131. The van der Waals surface area contributed by atoms with Crippen LogP contribution in [0.2, 0.25) is 0 Å². The second-order valence-electron chi connectivity index (χ2n) is 6.40. The van der Waals surface area contributed by atoms with Crippen molar-refractivity contribution in [1.82, 2.24) is 4.90 Å². The maximum absolute atomic E-state index is 12.5. The predicted molar refractivity (Wildman–Crippen MR) is 92.6 cm³/mol. The van der Waals surface area contributed by atoms with Crippen molar-refractivity contribution in [3.05, 3.63) is 23.8 Å². The van der Waals surface area contributed by atoms with Gasteiger partial charge < -0.3 is 20.9 Å². The van der Waals surface area contributed by atoms with Gasteiger partial charge in [-0.25, -0.2) is 4.79 Å². The largest absolute Gasteiger partial charge is 0.377 e. The van der Waals surface area contributed by atoms with E-state index in [-0.39, 0.29) is 17.9 Å². The SMILES string of the molecule is Cc1c(NC(=O)N2CCC[C@H](CC(N)=O)C2)cccc1N(C)C. The van der Waals surface area contributed by atoms with Crippen LogP contribution in [0.4, 0.5) is 16.2 Å². The average Bonchev–Trinajstić information content (AvgIpc) is 2.48. The van der Waals surface area contributed by atoms with Crippen LogP contribution in [-0.2, 0) is 4.79 Å². The molecule has 6 heteroatoms. The molecule has 0 aliphatic carbocycles. The Kier molecular flexibility index (Phi) is 5.47. The van der Waals surface area contributed by atoms with Gasteiger partial charge in [-0.3, -0.25) is 4.79 Å². The number of hydrogen-bond donors (Lipinski definition) is 2. The van der Waals surface area contributed by atoms with Crippen LogP contribution in [0.3, 0.4) is 0 Å². The van der Waals surface area contributed by atoms with Crippen molar-refractivity contribution in [1.29, 1.82) is 0 Å². The molecule has 1 aliphatic rings. The van der Waals surface area contributed by atoms with Gasteiger partial charge in [-0.15, -0.1) is 0 Å². The zero-order valence-electron chi connectivity index (χ0n) is 14.1. The topological polar surface area (TPSA) is 78.7 Å². The highest BCUT2D eigenvalue weighted by molar-refractivity contribution is 5.91. The Morgan fingerprint density at radius 2 is 2.13 bits per heavy atom. The Morgan fingerprint density at radius 3 is 2.78 bits per heavy atom. The quantitative estimate of drug-likeness (QED) is 0.893. The van der Waals surface area contributed by atoms with E-state index in [1.807, 2.05) is 44.1 Å². The fraction of sp³-hybridized carbons (Fsp3) is 0.529. The third kappa shape index (κ3) is 4.37. The van der Waals surface area contributed by atoms with Gasteiger partial charge in [-0.2, -0.15) is 0 Å². The normalized spacial score (nSPS) is 17.7. The van der Waals surface area contributed by atoms with Gasteiger partial charge in [-0.1, -0.05) is 6.07 Å². The van der Waals surface area contributed by atoms with Gasteiger partial charge in [0.15, 0.2) is 0 Å². The second-order valence-corrected chi connectivity index (χ2v) is 6.40. The summed E-state index contributed by atoms with van der Waals surface area (Å²) in [6.45, 7) is 3.30. The van der Waals surface area contributed by atoms with E-state index in [2.05, 4.69) is 5.32 Å². The van der Waals surface area contributed by atoms with Crippen molar-refractivity contribution in [3.63, 3.8) is 0 Å². The highest BCUT2D eigenvalue weighted by Crippen LogP contribution is 2.26. The molecule has 1 fully saturated rings. The number of hydrogen-bond acceptors (Lipinski definition) is 3. The molecular formula is C17H26N4O2. The first-order valence-corrected chi connectivity index (χ1v) is 7.99. The zero-order valence-corrected chi connectivity index (χ0v) is 14.1.